The van der Waals surface area contributed by atoms with Gasteiger partial charge in [0.15, 0.2) is 0 Å². The Morgan fingerprint density at radius 2 is 1.14 bits per heavy atom. The van der Waals surface area contributed by atoms with Crippen LogP contribution in [0, 0.1) is 0 Å². The smallest absolute Gasteiger partial charge is 0.264 e. The minimum atomic E-state index is -4.67. The first-order chi connectivity index (χ1) is 2.00. The predicted molar refractivity (Wildman–Crippen MR) is 14.2 cm³/mol. The van der Waals surface area contributed by atoms with E-state index < -0.39 is 10.4 Å². The van der Waals surface area contributed by atoms with Gasteiger partial charge in [-0.05, 0) is 0 Å². The zero-order valence-electron chi connectivity index (χ0n) is 2.97. The molecular formula is H2CrO4SV. The van der Waals surface area contributed by atoms with E-state index in [1.165, 1.54) is 0 Å². The van der Waals surface area contributed by atoms with Gasteiger partial charge in [-0.3, -0.25) is 9.11 Å². The summed E-state index contributed by atoms with van der Waals surface area (Å²) in [5, 5.41) is 0. The third-order valence-corrected chi connectivity index (χ3v) is 0. The van der Waals surface area contributed by atoms with E-state index in [0.29, 0.717) is 0 Å². The third kappa shape index (κ3) is 178. The molecule has 0 unspecified atom stereocenters. The van der Waals surface area contributed by atoms with Gasteiger partial charge in [0, 0.05) is 35.9 Å². The summed E-state index contributed by atoms with van der Waals surface area (Å²) in [6.07, 6.45) is 0. The summed E-state index contributed by atoms with van der Waals surface area (Å²) in [6, 6.07) is 0. The van der Waals surface area contributed by atoms with Crippen molar-refractivity contribution in [2.75, 3.05) is 0 Å². The van der Waals surface area contributed by atoms with Gasteiger partial charge in [0.2, 0.25) is 0 Å². The molecule has 0 aromatic carbocycles. The van der Waals surface area contributed by atoms with Crippen LogP contribution in [0.5, 0.6) is 0 Å². The van der Waals surface area contributed by atoms with Crippen molar-refractivity contribution >= 4 is 10.4 Å². The first-order valence-corrected chi connectivity index (χ1v) is 2.10. The molecule has 43 valence electrons. The molecule has 0 saturated heterocycles. The fraction of sp³-hybridized carbons (Fsp3) is 0. The number of rotatable bonds is 0. The van der Waals surface area contributed by atoms with Crippen LogP contribution in [-0.2, 0) is 46.3 Å². The molecular weight excluding hydrogens is 199 g/mol. The molecule has 0 rings (SSSR count). The molecule has 0 heterocycles. The van der Waals surface area contributed by atoms with Gasteiger partial charge in [0.1, 0.15) is 0 Å². The zero-order chi connectivity index (χ0) is 4.50. The van der Waals surface area contributed by atoms with Gasteiger partial charge in [0.05, 0.1) is 0 Å². The molecule has 0 aromatic heterocycles. The van der Waals surface area contributed by atoms with Gasteiger partial charge in [-0.2, -0.15) is 8.42 Å². The van der Waals surface area contributed by atoms with E-state index in [0.717, 1.165) is 0 Å². The van der Waals surface area contributed by atoms with Gasteiger partial charge < -0.3 is 0 Å². The van der Waals surface area contributed by atoms with Crippen molar-refractivity contribution in [3.63, 3.8) is 0 Å². The molecule has 0 atom stereocenters. The maximum Gasteiger partial charge on any atom is 0.394 e. The Balaban J connectivity index is -0.0000000800. The van der Waals surface area contributed by atoms with Crippen molar-refractivity contribution < 1.29 is 53.4 Å². The molecule has 0 spiro atoms. The van der Waals surface area contributed by atoms with Crippen LogP contribution >= 0.6 is 0 Å². The molecule has 0 saturated carbocycles. The Hall–Kier alpha value is 0.987. The Morgan fingerprint density at radius 1 is 1.14 bits per heavy atom. The minimum Gasteiger partial charge on any atom is -0.264 e. The summed E-state index contributed by atoms with van der Waals surface area (Å²) in [6.45, 7) is 0. The Kier molecular flexibility index (Phi) is 11.5. The summed E-state index contributed by atoms with van der Waals surface area (Å²) in [7, 11) is -4.67. The first kappa shape index (κ1) is 15.7. The van der Waals surface area contributed by atoms with Crippen LogP contribution in [0.1, 0.15) is 0 Å². The summed E-state index contributed by atoms with van der Waals surface area (Å²) in [5.41, 5.74) is 0. The average molecular weight is 201 g/mol. The van der Waals surface area contributed by atoms with E-state index in [4.69, 9.17) is 17.5 Å². The monoisotopic (exact) mass is 201 g/mol. The molecule has 2 N–H and O–H groups in total. The molecule has 1 radical (unpaired) electrons. The molecule has 0 fully saturated rings. The second-order valence-corrected chi connectivity index (χ2v) is 1.34. The van der Waals surface area contributed by atoms with Crippen LogP contribution < -0.4 is 0 Å². The Labute approximate surface area is 63.9 Å². The van der Waals surface area contributed by atoms with Crippen LogP contribution in [0.4, 0.5) is 0 Å². The fourth-order valence-corrected chi connectivity index (χ4v) is 0. The van der Waals surface area contributed by atoms with E-state index in [2.05, 4.69) is 0 Å². The summed E-state index contributed by atoms with van der Waals surface area (Å²) < 4.78 is 31.6. The van der Waals surface area contributed by atoms with Gasteiger partial charge in [0.25, 0.3) is 0 Å². The molecule has 7 heteroatoms. The van der Waals surface area contributed by atoms with Crippen molar-refractivity contribution in [1.82, 2.24) is 0 Å². The van der Waals surface area contributed by atoms with E-state index in [-0.39, 0.29) is 35.9 Å². The van der Waals surface area contributed by atoms with Crippen LogP contribution in [0.3, 0.4) is 0 Å². The summed E-state index contributed by atoms with van der Waals surface area (Å²) in [4.78, 5) is 0. The molecule has 0 aliphatic carbocycles. The third-order valence-electron chi connectivity index (χ3n) is 0. The molecule has 0 amide bonds. The second kappa shape index (κ2) is 5.13. The van der Waals surface area contributed by atoms with Gasteiger partial charge in [-0.15, -0.1) is 0 Å². The minimum absolute atomic E-state index is 0. The maximum absolute atomic E-state index is 8.74. The second-order valence-electron chi connectivity index (χ2n) is 0.448. The normalized spacial score (nSPS) is 8.29. The van der Waals surface area contributed by atoms with Crippen molar-refractivity contribution in [1.29, 1.82) is 0 Å². The van der Waals surface area contributed by atoms with Crippen LogP contribution in [0.25, 0.3) is 0 Å². The molecule has 0 aliphatic heterocycles. The largest absolute Gasteiger partial charge is 0.394 e. The summed E-state index contributed by atoms with van der Waals surface area (Å²) >= 11 is 0. The van der Waals surface area contributed by atoms with E-state index in [1.54, 1.807) is 0 Å². The number of hydrogen-bond donors (Lipinski definition) is 2. The fourth-order valence-electron chi connectivity index (χ4n) is 0. The van der Waals surface area contributed by atoms with Crippen LogP contribution in [0.2, 0.25) is 0 Å². The van der Waals surface area contributed by atoms with Gasteiger partial charge in [-0.1, -0.05) is 0 Å². The quantitative estimate of drug-likeness (QED) is 0.510. The molecule has 0 aliphatic rings. The predicted octanol–water partition coefficient (Wildman–Crippen LogP) is -0.658. The maximum atomic E-state index is 8.74. The van der Waals surface area contributed by atoms with Crippen molar-refractivity contribution in [3.8, 4) is 0 Å². The molecule has 4 nitrogen and oxygen atoms in total. The van der Waals surface area contributed by atoms with E-state index >= 15 is 0 Å². The Morgan fingerprint density at radius 3 is 1.14 bits per heavy atom. The molecule has 0 aromatic rings. The Bertz CT molecular complexity index is 94.9. The summed E-state index contributed by atoms with van der Waals surface area (Å²) in [5.74, 6) is 0. The van der Waals surface area contributed by atoms with E-state index in [9.17, 15) is 0 Å². The molecule has 0 bridgehead atoms. The van der Waals surface area contributed by atoms with Gasteiger partial charge >= 0.3 is 10.4 Å². The van der Waals surface area contributed by atoms with Crippen LogP contribution in [-0.4, -0.2) is 17.5 Å². The van der Waals surface area contributed by atoms with Crippen molar-refractivity contribution in [3.05, 3.63) is 0 Å². The van der Waals surface area contributed by atoms with Crippen molar-refractivity contribution in [2.45, 2.75) is 0 Å². The van der Waals surface area contributed by atoms with Crippen molar-refractivity contribution in [2.24, 2.45) is 0 Å². The first-order valence-electron chi connectivity index (χ1n) is 0.698. The zero-order valence-corrected chi connectivity index (χ0v) is 6.46. The standard InChI is InChI=1S/Cr.H2O4S.V/c;1-5(2,3)4;/h;(H2,1,2,3,4);. The SMILES string of the molecule is O=S(=O)(O)O.[Cr].[V]. The van der Waals surface area contributed by atoms with Crippen LogP contribution in [0.15, 0.2) is 0 Å². The molecule has 7 heavy (non-hydrogen) atoms. The average Bonchev–Trinajstić information content (AvgIpc) is 0.722. The van der Waals surface area contributed by atoms with Gasteiger partial charge in [-0.25, -0.2) is 0 Å². The topological polar surface area (TPSA) is 74.6 Å². The number of hydrogen-bond acceptors (Lipinski definition) is 2. The van der Waals surface area contributed by atoms with E-state index in [1.807, 2.05) is 0 Å².